The van der Waals surface area contributed by atoms with Crippen molar-refractivity contribution in [3.05, 3.63) is 63.9 Å². The molecule has 2 aliphatic rings. The number of carbonyl (C=O) groups excluding carboxylic acids is 1. The molecule has 3 N–H and O–H groups in total. The first kappa shape index (κ1) is 23.9. The zero-order valence-electron chi connectivity index (χ0n) is 19.4. The van der Waals surface area contributed by atoms with Crippen LogP contribution in [0.4, 0.5) is 21.7 Å². The lowest BCUT2D eigenvalue weighted by Crippen LogP contribution is -2.50. The summed E-state index contributed by atoms with van der Waals surface area (Å²) in [4.78, 5) is 37.2. The Morgan fingerprint density at radius 2 is 2.00 bits per heavy atom. The van der Waals surface area contributed by atoms with Gasteiger partial charge in [0.05, 0.1) is 29.4 Å². The molecule has 1 amide bonds. The monoisotopic (exact) mass is 512 g/mol. The molecule has 0 unspecified atom stereocenters. The third kappa shape index (κ3) is 4.11. The van der Waals surface area contributed by atoms with Crippen molar-refractivity contribution in [2.75, 3.05) is 36.6 Å². The summed E-state index contributed by atoms with van der Waals surface area (Å²) in [6.07, 6.45) is 1.34. The first-order valence-electron chi connectivity index (χ1n) is 11.1. The molecule has 2 aromatic heterocycles. The topological polar surface area (TPSA) is 124 Å². The van der Waals surface area contributed by atoms with Gasteiger partial charge in [-0.15, -0.1) is 0 Å². The van der Waals surface area contributed by atoms with Gasteiger partial charge < -0.3 is 20.1 Å². The standard InChI is InChI=1S/C24H22ClFN6O4/c1-12-9-17(24(34)35)30-20(12)13(2)18-19-21(29-14-3-4-16(26)15(25)10-14)27-11-28-22(19)32(23(18)33)31-5-7-36-8-6-31/h3-4,9-11,30H,5-8H2,1-2H3,(H,34,35)(H,27,28,29). The van der Waals surface area contributed by atoms with E-state index in [1.54, 1.807) is 13.8 Å². The number of allylic oxidation sites excluding steroid dienone is 1. The number of aromatic carboxylic acids is 1. The van der Waals surface area contributed by atoms with E-state index in [-0.39, 0.29) is 16.6 Å². The van der Waals surface area contributed by atoms with E-state index in [2.05, 4.69) is 20.3 Å². The second-order valence-corrected chi connectivity index (χ2v) is 8.81. The average molecular weight is 513 g/mol. The Morgan fingerprint density at radius 3 is 2.67 bits per heavy atom. The van der Waals surface area contributed by atoms with Crippen molar-refractivity contribution in [3.63, 3.8) is 0 Å². The highest BCUT2D eigenvalue weighted by Crippen LogP contribution is 2.44. The summed E-state index contributed by atoms with van der Waals surface area (Å²) in [7, 11) is 0. The van der Waals surface area contributed by atoms with Gasteiger partial charge in [-0.25, -0.2) is 29.2 Å². The van der Waals surface area contributed by atoms with Gasteiger partial charge in [-0.1, -0.05) is 11.6 Å². The third-order valence-electron chi connectivity index (χ3n) is 6.13. The molecule has 1 aromatic carbocycles. The highest BCUT2D eigenvalue weighted by molar-refractivity contribution is 6.38. The number of hydrogen-bond acceptors (Lipinski definition) is 7. The number of nitrogens with one attached hydrogen (secondary N) is 2. The number of H-pyrrole nitrogens is 1. The lowest BCUT2D eigenvalue weighted by Gasteiger charge is -2.33. The third-order valence-corrected chi connectivity index (χ3v) is 6.42. The Hall–Kier alpha value is -3.80. The fourth-order valence-electron chi connectivity index (χ4n) is 4.43. The van der Waals surface area contributed by atoms with Crippen molar-refractivity contribution < 1.29 is 23.8 Å². The Bertz CT molecular complexity index is 1420. The van der Waals surface area contributed by atoms with Gasteiger partial charge in [-0.05, 0) is 49.2 Å². The fraction of sp³-hybridized carbons (Fsp3) is 0.250. The summed E-state index contributed by atoms with van der Waals surface area (Å²) in [5, 5.41) is 15.9. The van der Waals surface area contributed by atoms with E-state index in [1.807, 2.05) is 5.01 Å². The molecule has 10 nitrogen and oxygen atoms in total. The van der Waals surface area contributed by atoms with Crippen molar-refractivity contribution in [1.82, 2.24) is 20.0 Å². The highest BCUT2D eigenvalue weighted by atomic mass is 35.5. The number of aromatic nitrogens is 3. The van der Waals surface area contributed by atoms with E-state index < -0.39 is 11.8 Å². The van der Waals surface area contributed by atoms with Gasteiger partial charge >= 0.3 is 5.97 Å². The van der Waals surface area contributed by atoms with Crippen LogP contribution in [0.3, 0.4) is 0 Å². The van der Waals surface area contributed by atoms with Crippen LogP contribution < -0.4 is 10.3 Å². The van der Waals surface area contributed by atoms with Crippen molar-refractivity contribution in [1.29, 1.82) is 0 Å². The van der Waals surface area contributed by atoms with Gasteiger partial charge in [0, 0.05) is 24.5 Å². The number of nitrogens with zero attached hydrogens (tertiary/aromatic N) is 4. The van der Waals surface area contributed by atoms with Crippen LogP contribution in [0.15, 0.2) is 30.6 Å². The van der Waals surface area contributed by atoms with Crippen LogP contribution in [0.25, 0.3) is 11.1 Å². The highest BCUT2D eigenvalue weighted by Gasteiger charge is 2.42. The van der Waals surface area contributed by atoms with Gasteiger partial charge in [-0.3, -0.25) is 4.79 Å². The van der Waals surface area contributed by atoms with Crippen molar-refractivity contribution in [2.24, 2.45) is 0 Å². The summed E-state index contributed by atoms with van der Waals surface area (Å²) in [5.74, 6) is -1.28. The summed E-state index contributed by atoms with van der Waals surface area (Å²) in [6.45, 7) is 5.41. The first-order valence-corrected chi connectivity index (χ1v) is 11.5. The summed E-state index contributed by atoms with van der Waals surface area (Å²) < 4.78 is 19.2. The number of carbonyl (C=O) groups is 2. The van der Waals surface area contributed by atoms with Crippen LogP contribution in [0, 0.1) is 12.7 Å². The number of rotatable bonds is 5. The molecule has 5 rings (SSSR count). The number of aryl methyl sites for hydroxylation is 1. The number of hydrazine groups is 1. The normalized spacial score (nSPS) is 17.3. The molecular formula is C24H22ClFN6O4. The lowest BCUT2D eigenvalue weighted by atomic mass is 9.99. The Morgan fingerprint density at radius 1 is 1.25 bits per heavy atom. The molecule has 0 spiro atoms. The van der Waals surface area contributed by atoms with E-state index >= 15 is 0 Å². The van der Waals surface area contributed by atoms with E-state index in [0.717, 1.165) is 0 Å². The number of benzene rings is 1. The molecule has 0 aliphatic carbocycles. The number of aromatic amines is 1. The molecule has 36 heavy (non-hydrogen) atoms. The Labute approximate surface area is 210 Å². The summed E-state index contributed by atoms with van der Waals surface area (Å²) >= 11 is 5.96. The molecule has 0 atom stereocenters. The van der Waals surface area contributed by atoms with Crippen molar-refractivity contribution >= 4 is 51.9 Å². The number of fused-ring (bicyclic) bond motifs is 1. The van der Waals surface area contributed by atoms with Crippen LogP contribution in [0.2, 0.25) is 5.02 Å². The lowest BCUT2D eigenvalue weighted by molar-refractivity contribution is -0.117. The van der Waals surface area contributed by atoms with E-state index in [9.17, 15) is 19.1 Å². The number of halogens is 2. The van der Waals surface area contributed by atoms with Gasteiger partial charge in [0.2, 0.25) is 0 Å². The summed E-state index contributed by atoms with van der Waals surface area (Å²) in [5.41, 5.74) is 2.98. The first-order chi connectivity index (χ1) is 17.3. The number of amides is 1. The van der Waals surface area contributed by atoms with E-state index in [0.29, 0.717) is 71.6 Å². The predicted molar refractivity (Wildman–Crippen MR) is 132 cm³/mol. The quantitative estimate of drug-likeness (QED) is 0.440. The summed E-state index contributed by atoms with van der Waals surface area (Å²) in [6, 6.07) is 5.68. The van der Waals surface area contributed by atoms with Crippen LogP contribution in [0.1, 0.15) is 34.2 Å². The van der Waals surface area contributed by atoms with Gasteiger partial charge in [0.25, 0.3) is 5.91 Å². The zero-order chi connectivity index (χ0) is 25.6. The van der Waals surface area contributed by atoms with Gasteiger partial charge in [0.15, 0.2) is 5.82 Å². The smallest absolute Gasteiger partial charge is 0.352 e. The minimum Gasteiger partial charge on any atom is -0.477 e. The molecule has 3 aromatic rings. The van der Waals surface area contributed by atoms with Crippen molar-refractivity contribution in [2.45, 2.75) is 13.8 Å². The fourth-order valence-corrected chi connectivity index (χ4v) is 4.61. The van der Waals surface area contributed by atoms with Crippen LogP contribution in [-0.2, 0) is 9.53 Å². The number of carboxylic acid groups (broad SMARTS) is 1. The predicted octanol–water partition coefficient (Wildman–Crippen LogP) is 3.87. The molecule has 2 aliphatic heterocycles. The SMILES string of the molecule is CC(=C1C(=O)N(N2CCOCC2)c2ncnc(Nc3ccc(F)c(Cl)c3)c21)c1[nH]c(C(=O)O)cc1C. The number of carboxylic acids is 1. The molecule has 0 bridgehead atoms. The minimum absolute atomic E-state index is 0.0155. The largest absolute Gasteiger partial charge is 0.477 e. The Balaban J connectivity index is 1.69. The number of ether oxygens (including phenoxy) is 1. The molecule has 186 valence electrons. The van der Waals surface area contributed by atoms with E-state index in [4.69, 9.17) is 16.3 Å². The second kappa shape index (κ2) is 9.34. The molecule has 1 saturated heterocycles. The molecule has 0 radical (unpaired) electrons. The number of anilines is 3. The van der Waals surface area contributed by atoms with Gasteiger partial charge in [0.1, 0.15) is 23.7 Å². The van der Waals surface area contributed by atoms with Gasteiger partial charge in [-0.2, -0.15) is 0 Å². The second-order valence-electron chi connectivity index (χ2n) is 8.40. The van der Waals surface area contributed by atoms with E-state index in [1.165, 1.54) is 35.6 Å². The van der Waals surface area contributed by atoms with Crippen LogP contribution in [-0.4, -0.2) is 63.2 Å². The molecular weight excluding hydrogens is 491 g/mol. The average Bonchev–Trinajstić information content (AvgIpc) is 3.39. The molecule has 0 saturated carbocycles. The molecule has 4 heterocycles. The molecule has 12 heteroatoms. The zero-order valence-corrected chi connectivity index (χ0v) is 20.2. The number of hydrogen-bond donors (Lipinski definition) is 3. The maximum absolute atomic E-state index is 13.9. The maximum atomic E-state index is 13.9. The van der Waals surface area contributed by atoms with Crippen LogP contribution in [0.5, 0.6) is 0 Å². The minimum atomic E-state index is -1.10. The Kier molecular flexibility index (Phi) is 6.20. The number of morpholine rings is 1. The molecule has 1 fully saturated rings. The van der Waals surface area contributed by atoms with Crippen molar-refractivity contribution in [3.8, 4) is 0 Å². The van der Waals surface area contributed by atoms with Crippen LogP contribution >= 0.6 is 11.6 Å². The maximum Gasteiger partial charge on any atom is 0.352 e.